The van der Waals surface area contributed by atoms with E-state index in [2.05, 4.69) is 21.2 Å². The molecule has 124 valence electrons. The predicted molar refractivity (Wildman–Crippen MR) is 85.7 cm³/mol. The van der Waals surface area contributed by atoms with Crippen molar-refractivity contribution in [2.75, 3.05) is 6.61 Å². The van der Waals surface area contributed by atoms with Crippen LogP contribution in [0.4, 0.5) is 0 Å². The molecule has 0 radical (unpaired) electrons. The molecule has 6 nitrogen and oxygen atoms in total. The molecule has 1 fully saturated rings. The second kappa shape index (κ2) is 7.59. The molecule has 7 heteroatoms. The van der Waals surface area contributed by atoms with E-state index in [1.54, 1.807) is 38.1 Å². The van der Waals surface area contributed by atoms with Gasteiger partial charge in [-0.1, -0.05) is 29.8 Å². The number of cyclic esters (lactones) is 1. The van der Waals surface area contributed by atoms with Crippen molar-refractivity contribution in [1.82, 2.24) is 5.32 Å². The first-order valence-corrected chi connectivity index (χ1v) is 8.11. The van der Waals surface area contributed by atoms with Crippen molar-refractivity contribution >= 4 is 33.8 Å². The maximum absolute atomic E-state index is 12.3. The Bertz CT molecular complexity index is 599. The maximum atomic E-state index is 12.3. The second-order valence-corrected chi connectivity index (χ2v) is 6.50. The second-order valence-electron chi connectivity index (χ2n) is 5.58. The lowest BCUT2D eigenvalue weighted by Crippen LogP contribution is -2.46. The van der Waals surface area contributed by atoms with Crippen molar-refractivity contribution in [2.24, 2.45) is 5.92 Å². The van der Waals surface area contributed by atoms with Crippen LogP contribution in [0.25, 0.3) is 0 Å². The van der Waals surface area contributed by atoms with E-state index in [1.807, 2.05) is 0 Å². The third-order valence-corrected chi connectivity index (χ3v) is 3.99. The molecular formula is C16H18BrNO5. The number of rotatable bonds is 5. The molecule has 1 heterocycles. The zero-order valence-electron chi connectivity index (χ0n) is 12.9. The molecule has 1 aliphatic heterocycles. The number of benzene rings is 1. The van der Waals surface area contributed by atoms with Crippen molar-refractivity contribution < 1.29 is 23.9 Å². The highest BCUT2D eigenvalue weighted by atomic mass is 79.9. The third-order valence-electron chi connectivity index (χ3n) is 3.46. The molecule has 2 rings (SSSR count). The largest absolute Gasteiger partial charge is 0.463 e. The van der Waals surface area contributed by atoms with Gasteiger partial charge in [0.15, 0.2) is 0 Å². The fourth-order valence-corrected chi connectivity index (χ4v) is 2.39. The average molecular weight is 384 g/mol. The van der Waals surface area contributed by atoms with Crippen molar-refractivity contribution in [2.45, 2.75) is 32.4 Å². The highest BCUT2D eigenvalue weighted by Crippen LogP contribution is 2.15. The Kier molecular flexibility index (Phi) is 5.76. The van der Waals surface area contributed by atoms with E-state index in [4.69, 9.17) is 9.47 Å². The van der Waals surface area contributed by atoms with Crippen molar-refractivity contribution in [1.29, 1.82) is 0 Å². The summed E-state index contributed by atoms with van der Waals surface area (Å²) in [5.74, 6) is -1.73. The number of esters is 2. The summed E-state index contributed by atoms with van der Waals surface area (Å²) in [5.41, 5.74) is 0.437. The summed E-state index contributed by atoms with van der Waals surface area (Å²) in [6.07, 6.45) is -0.538. The van der Waals surface area contributed by atoms with E-state index in [9.17, 15) is 14.4 Å². The van der Waals surface area contributed by atoms with Crippen LogP contribution in [0.2, 0.25) is 0 Å². The van der Waals surface area contributed by atoms with Crippen LogP contribution in [-0.4, -0.2) is 36.6 Å². The van der Waals surface area contributed by atoms with Gasteiger partial charge in [0.2, 0.25) is 6.10 Å². The Hall–Kier alpha value is -1.89. The molecule has 0 aromatic heterocycles. The Morgan fingerprint density at radius 1 is 1.30 bits per heavy atom. The lowest BCUT2D eigenvalue weighted by molar-refractivity contribution is -0.162. The van der Waals surface area contributed by atoms with Crippen LogP contribution in [0.1, 0.15) is 30.6 Å². The van der Waals surface area contributed by atoms with Gasteiger partial charge in [-0.25, -0.2) is 9.59 Å². The van der Waals surface area contributed by atoms with Crippen LogP contribution in [0, 0.1) is 5.92 Å². The quantitative estimate of drug-likeness (QED) is 0.786. The summed E-state index contributed by atoms with van der Waals surface area (Å²) in [4.78, 5) is 35.9. The smallest absolute Gasteiger partial charge is 0.347 e. The number of halogens is 1. The molecule has 1 amide bonds. The summed E-state index contributed by atoms with van der Waals surface area (Å²) in [6.45, 7) is 3.83. The number of hydrogen-bond acceptors (Lipinski definition) is 5. The van der Waals surface area contributed by atoms with Crippen molar-refractivity contribution in [3.63, 3.8) is 0 Å². The number of carbonyl (C=O) groups is 3. The molecule has 1 aromatic rings. The summed E-state index contributed by atoms with van der Waals surface area (Å²) in [6, 6.07) is 5.95. The summed E-state index contributed by atoms with van der Waals surface area (Å²) in [7, 11) is 0. The number of ether oxygens (including phenoxy) is 2. The maximum Gasteiger partial charge on any atom is 0.347 e. The molecule has 0 spiro atoms. The molecule has 1 N–H and O–H groups in total. The van der Waals surface area contributed by atoms with Gasteiger partial charge < -0.3 is 14.8 Å². The lowest BCUT2D eigenvalue weighted by atomic mass is 10.0. The molecular weight excluding hydrogens is 366 g/mol. The fourth-order valence-electron chi connectivity index (χ4n) is 2.12. The van der Waals surface area contributed by atoms with Crippen LogP contribution in [0.15, 0.2) is 28.7 Å². The van der Waals surface area contributed by atoms with Gasteiger partial charge in [-0.15, -0.1) is 0 Å². The van der Waals surface area contributed by atoms with Crippen LogP contribution >= 0.6 is 15.9 Å². The Morgan fingerprint density at radius 2 is 1.96 bits per heavy atom. The van der Waals surface area contributed by atoms with E-state index in [1.165, 1.54) is 0 Å². The van der Waals surface area contributed by atoms with E-state index < -0.39 is 24.1 Å². The molecule has 0 unspecified atom stereocenters. The van der Waals surface area contributed by atoms with E-state index in [0.717, 1.165) is 4.47 Å². The zero-order valence-corrected chi connectivity index (χ0v) is 14.5. The topological polar surface area (TPSA) is 81.7 Å². The fraction of sp³-hybridized carbons (Fsp3) is 0.438. The highest BCUT2D eigenvalue weighted by molar-refractivity contribution is 9.10. The monoisotopic (exact) mass is 383 g/mol. The normalized spacial score (nSPS) is 18.4. The number of amides is 1. The first-order valence-electron chi connectivity index (χ1n) is 7.32. The number of carbonyl (C=O) groups excluding carboxylic acids is 3. The minimum Gasteiger partial charge on any atom is -0.463 e. The van der Waals surface area contributed by atoms with Crippen molar-refractivity contribution in [3.05, 3.63) is 34.3 Å². The number of hydrogen-bond donors (Lipinski definition) is 1. The van der Waals surface area contributed by atoms with Gasteiger partial charge in [0.05, 0.1) is 6.61 Å². The van der Waals surface area contributed by atoms with Gasteiger partial charge >= 0.3 is 11.9 Å². The minimum atomic E-state index is -0.881. The van der Waals surface area contributed by atoms with E-state index >= 15 is 0 Å². The Balaban J connectivity index is 2.02. The van der Waals surface area contributed by atoms with E-state index in [0.29, 0.717) is 12.0 Å². The highest BCUT2D eigenvalue weighted by Gasteiger charge is 2.34. The van der Waals surface area contributed by atoms with Crippen LogP contribution in [0.3, 0.4) is 0 Å². The SMILES string of the molecule is CC(C)[C@H](NC(=O)c1ccc(Br)cc1)C(=O)O[C@@H]1CCOC1=O. The molecule has 2 atom stereocenters. The molecule has 1 saturated heterocycles. The average Bonchev–Trinajstić information content (AvgIpc) is 2.90. The van der Waals surface area contributed by atoms with Crippen molar-refractivity contribution in [3.8, 4) is 0 Å². The summed E-state index contributed by atoms with van der Waals surface area (Å²) < 4.78 is 10.8. The van der Waals surface area contributed by atoms with Gasteiger partial charge in [-0.3, -0.25) is 4.79 Å². The van der Waals surface area contributed by atoms with Crippen LogP contribution in [0.5, 0.6) is 0 Å². The number of nitrogens with one attached hydrogen (secondary N) is 1. The molecule has 0 bridgehead atoms. The molecule has 0 aliphatic carbocycles. The Morgan fingerprint density at radius 3 is 2.48 bits per heavy atom. The molecule has 0 saturated carbocycles. The van der Waals surface area contributed by atoms with Gasteiger partial charge in [0.1, 0.15) is 6.04 Å². The van der Waals surface area contributed by atoms with E-state index in [-0.39, 0.29) is 18.4 Å². The lowest BCUT2D eigenvalue weighted by Gasteiger charge is -2.22. The molecule has 1 aliphatic rings. The van der Waals surface area contributed by atoms with Gasteiger partial charge in [-0.2, -0.15) is 0 Å². The molecule has 23 heavy (non-hydrogen) atoms. The summed E-state index contributed by atoms with van der Waals surface area (Å²) >= 11 is 3.30. The Labute approximate surface area is 142 Å². The standard InChI is InChI=1S/C16H18BrNO5/c1-9(2)13(16(21)23-12-7-8-22-15(12)20)18-14(19)10-3-5-11(17)6-4-10/h3-6,9,12-13H,7-8H2,1-2H3,(H,18,19)/t12-,13+/m1/s1. The predicted octanol–water partition coefficient (Wildman–Crippen LogP) is 2.06. The first kappa shape index (κ1) is 17.5. The van der Waals surface area contributed by atoms with Gasteiger partial charge in [-0.05, 0) is 30.2 Å². The molecule has 1 aromatic carbocycles. The van der Waals surface area contributed by atoms with Gasteiger partial charge in [0, 0.05) is 16.5 Å². The third kappa shape index (κ3) is 4.54. The first-order chi connectivity index (χ1) is 10.9. The van der Waals surface area contributed by atoms with Crippen LogP contribution in [-0.2, 0) is 19.1 Å². The van der Waals surface area contributed by atoms with Crippen LogP contribution < -0.4 is 5.32 Å². The zero-order chi connectivity index (χ0) is 17.0. The summed E-state index contributed by atoms with van der Waals surface area (Å²) in [5, 5.41) is 2.66. The van der Waals surface area contributed by atoms with Gasteiger partial charge in [0.25, 0.3) is 5.91 Å². The minimum absolute atomic E-state index is 0.181.